The van der Waals surface area contributed by atoms with E-state index in [9.17, 15) is 9.59 Å². The van der Waals surface area contributed by atoms with E-state index in [0.29, 0.717) is 13.1 Å². The van der Waals surface area contributed by atoms with Gasteiger partial charge in [0.15, 0.2) is 0 Å². The number of hydrogen-bond acceptors (Lipinski definition) is 5. The van der Waals surface area contributed by atoms with Gasteiger partial charge >= 0.3 is 0 Å². The summed E-state index contributed by atoms with van der Waals surface area (Å²) in [5.74, 6) is -0.446. The van der Waals surface area contributed by atoms with Crippen LogP contribution in [-0.4, -0.2) is 31.7 Å². The first kappa shape index (κ1) is 24.4. The van der Waals surface area contributed by atoms with E-state index in [4.69, 9.17) is 0 Å². The van der Waals surface area contributed by atoms with Crippen molar-refractivity contribution in [3.8, 4) is 0 Å². The van der Waals surface area contributed by atoms with Crippen molar-refractivity contribution in [1.29, 1.82) is 0 Å². The van der Waals surface area contributed by atoms with Crippen molar-refractivity contribution in [1.82, 2.24) is 25.2 Å². The Morgan fingerprint density at radius 1 is 0.946 bits per heavy atom. The van der Waals surface area contributed by atoms with Crippen LogP contribution in [0.25, 0.3) is 11.0 Å². The molecule has 2 amide bonds. The van der Waals surface area contributed by atoms with Gasteiger partial charge in [-0.3, -0.25) is 9.59 Å². The van der Waals surface area contributed by atoms with Crippen molar-refractivity contribution in [2.24, 2.45) is 0 Å². The second kappa shape index (κ2) is 11.2. The lowest BCUT2D eigenvalue weighted by molar-refractivity contribution is -0.142. The van der Waals surface area contributed by atoms with Crippen LogP contribution in [0.15, 0.2) is 96.4 Å². The third kappa shape index (κ3) is 5.59. The van der Waals surface area contributed by atoms with Crippen LogP contribution in [-0.2, 0) is 29.2 Å². The lowest BCUT2D eigenvalue weighted by Crippen LogP contribution is -2.44. The molecule has 0 saturated carbocycles. The number of nitrogens with zero attached hydrogens (tertiary/aromatic N) is 4. The molecule has 0 fully saturated rings. The molecule has 0 spiro atoms. The Hall–Kier alpha value is -4.30. The minimum Gasteiger partial charge on any atom is -0.350 e. The Morgan fingerprint density at radius 3 is 2.49 bits per heavy atom. The summed E-state index contributed by atoms with van der Waals surface area (Å²) in [6.45, 7) is 2.61. The van der Waals surface area contributed by atoms with Gasteiger partial charge in [-0.15, -0.1) is 16.4 Å². The molecular weight excluding hydrogens is 482 g/mol. The van der Waals surface area contributed by atoms with Gasteiger partial charge in [-0.05, 0) is 47.2 Å². The van der Waals surface area contributed by atoms with Crippen LogP contribution in [0, 0.1) is 6.92 Å². The zero-order valence-corrected chi connectivity index (χ0v) is 21.3. The number of benzene rings is 3. The Labute approximate surface area is 219 Å². The summed E-state index contributed by atoms with van der Waals surface area (Å²) in [7, 11) is 0. The standard InChI is InChI=1S/C29H27N5O2S/c1-21-10-5-6-14-24(21)28(29(36)30-18-22-11-3-2-4-12-22)33(19-23-13-9-17-37-23)27(35)20-34-26-16-8-7-15-25(26)31-32-34/h2-17,28H,18-20H2,1H3,(H,30,36)/t28-/m1/s1. The van der Waals surface area contributed by atoms with Gasteiger partial charge in [-0.2, -0.15) is 0 Å². The summed E-state index contributed by atoms with van der Waals surface area (Å²) < 4.78 is 1.59. The molecule has 0 aliphatic rings. The number of carbonyl (C=O) groups excluding carboxylic acids is 2. The second-order valence-corrected chi connectivity index (χ2v) is 9.83. The van der Waals surface area contributed by atoms with Crippen LogP contribution >= 0.6 is 11.3 Å². The van der Waals surface area contributed by atoms with Gasteiger partial charge < -0.3 is 10.2 Å². The molecule has 5 rings (SSSR count). The van der Waals surface area contributed by atoms with Gasteiger partial charge in [0.25, 0.3) is 0 Å². The van der Waals surface area contributed by atoms with E-state index in [1.54, 1.807) is 20.9 Å². The van der Waals surface area contributed by atoms with Gasteiger partial charge in [-0.25, -0.2) is 4.68 Å². The first-order chi connectivity index (χ1) is 18.1. The van der Waals surface area contributed by atoms with E-state index in [1.165, 1.54) is 0 Å². The number of hydrogen-bond donors (Lipinski definition) is 1. The van der Waals surface area contributed by atoms with Crippen molar-refractivity contribution in [3.05, 3.63) is 118 Å². The van der Waals surface area contributed by atoms with E-state index in [2.05, 4.69) is 15.6 Å². The molecule has 0 unspecified atom stereocenters. The topological polar surface area (TPSA) is 80.1 Å². The zero-order chi connectivity index (χ0) is 25.6. The van der Waals surface area contributed by atoms with Crippen LogP contribution in [0.1, 0.15) is 27.6 Å². The van der Waals surface area contributed by atoms with Crippen LogP contribution in [0.5, 0.6) is 0 Å². The number of carbonyl (C=O) groups is 2. The Balaban J connectivity index is 1.50. The van der Waals surface area contributed by atoms with E-state index in [-0.39, 0.29) is 18.4 Å². The van der Waals surface area contributed by atoms with Crippen LogP contribution < -0.4 is 5.32 Å². The third-order valence-corrected chi connectivity index (χ3v) is 7.15. The monoisotopic (exact) mass is 509 g/mol. The fourth-order valence-corrected chi connectivity index (χ4v) is 5.08. The predicted octanol–water partition coefficient (Wildman–Crippen LogP) is 4.89. The molecule has 7 nitrogen and oxygen atoms in total. The molecule has 0 saturated heterocycles. The van der Waals surface area contributed by atoms with Crippen molar-refractivity contribution < 1.29 is 9.59 Å². The number of amides is 2. The van der Waals surface area contributed by atoms with Crippen molar-refractivity contribution in [2.45, 2.75) is 32.6 Å². The minimum atomic E-state index is -0.811. The molecule has 0 bridgehead atoms. The molecule has 37 heavy (non-hydrogen) atoms. The highest BCUT2D eigenvalue weighted by Crippen LogP contribution is 2.28. The molecule has 8 heteroatoms. The summed E-state index contributed by atoms with van der Waals surface area (Å²) in [5.41, 5.74) is 4.22. The molecule has 0 aliphatic carbocycles. The highest BCUT2D eigenvalue weighted by molar-refractivity contribution is 7.09. The molecule has 0 aliphatic heterocycles. The second-order valence-electron chi connectivity index (χ2n) is 8.80. The third-order valence-electron chi connectivity index (χ3n) is 6.28. The highest BCUT2D eigenvalue weighted by atomic mass is 32.1. The van der Waals surface area contributed by atoms with Gasteiger partial charge in [0.05, 0.1) is 12.1 Å². The number of para-hydroxylation sites is 1. The maximum atomic E-state index is 13.9. The van der Waals surface area contributed by atoms with E-state index >= 15 is 0 Å². The molecule has 0 radical (unpaired) electrons. The average Bonchev–Trinajstić information content (AvgIpc) is 3.59. The Morgan fingerprint density at radius 2 is 1.70 bits per heavy atom. The quantitative estimate of drug-likeness (QED) is 0.307. The number of nitrogens with one attached hydrogen (secondary N) is 1. The van der Waals surface area contributed by atoms with Gasteiger partial charge in [-0.1, -0.05) is 78.0 Å². The Kier molecular flexibility index (Phi) is 7.37. The van der Waals surface area contributed by atoms with E-state index < -0.39 is 6.04 Å². The van der Waals surface area contributed by atoms with Crippen LogP contribution in [0.2, 0.25) is 0 Å². The largest absolute Gasteiger partial charge is 0.350 e. The van der Waals surface area contributed by atoms with E-state index in [0.717, 1.165) is 32.6 Å². The number of fused-ring (bicyclic) bond motifs is 1. The highest BCUT2D eigenvalue weighted by Gasteiger charge is 2.33. The molecule has 2 aromatic heterocycles. The van der Waals surface area contributed by atoms with Crippen molar-refractivity contribution >= 4 is 34.2 Å². The summed E-state index contributed by atoms with van der Waals surface area (Å²) in [5, 5.41) is 13.4. The Bertz CT molecular complexity index is 1500. The SMILES string of the molecule is Cc1ccccc1[C@H](C(=O)NCc1ccccc1)N(Cc1cccs1)C(=O)Cn1nnc2ccccc21. The number of aryl methyl sites for hydroxylation is 1. The number of rotatable bonds is 9. The smallest absolute Gasteiger partial charge is 0.247 e. The first-order valence-electron chi connectivity index (χ1n) is 12.1. The summed E-state index contributed by atoms with van der Waals surface area (Å²) in [6, 6.07) is 28.1. The van der Waals surface area contributed by atoms with Gasteiger partial charge in [0, 0.05) is 11.4 Å². The van der Waals surface area contributed by atoms with E-state index in [1.807, 2.05) is 103 Å². The minimum absolute atomic E-state index is 0.0275. The molecular formula is C29H27N5O2S. The molecule has 186 valence electrons. The lowest BCUT2D eigenvalue weighted by Gasteiger charge is -2.32. The van der Waals surface area contributed by atoms with Gasteiger partial charge in [0.2, 0.25) is 11.8 Å². The molecule has 2 heterocycles. The van der Waals surface area contributed by atoms with Gasteiger partial charge in [0.1, 0.15) is 18.1 Å². The zero-order valence-electron chi connectivity index (χ0n) is 20.4. The maximum absolute atomic E-state index is 13.9. The molecule has 5 aromatic rings. The summed E-state index contributed by atoms with van der Waals surface area (Å²) in [6.07, 6.45) is 0. The molecule has 1 atom stereocenters. The van der Waals surface area contributed by atoms with Crippen molar-refractivity contribution in [3.63, 3.8) is 0 Å². The number of thiophene rings is 1. The normalized spacial score (nSPS) is 11.8. The van der Waals surface area contributed by atoms with Crippen LogP contribution in [0.3, 0.4) is 0 Å². The maximum Gasteiger partial charge on any atom is 0.247 e. The fraction of sp³-hybridized carbons (Fsp3) is 0.172. The molecule has 1 N–H and O–H groups in total. The molecule has 3 aromatic carbocycles. The average molecular weight is 510 g/mol. The van der Waals surface area contributed by atoms with Crippen molar-refractivity contribution in [2.75, 3.05) is 0 Å². The lowest BCUT2D eigenvalue weighted by atomic mass is 9.98. The fourth-order valence-electron chi connectivity index (χ4n) is 4.37. The first-order valence-corrected chi connectivity index (χ1v) is 13.0. The number of aromatic nitrogens is 3. The predicted molar refractivity (Wildman–Crippen MR) is 145 cm³/mol. The summed E-state index contributed by atoms with van der Waals surface area (Å²) >= 11 is 1.56. The van der Waals surface area contributed by atoms with Crippen LogP contribution in [0.4, 0.5) is 0 Å². The summed E-state index contributed by atoms with van der Waals surface area (Å²) in [4.78, 5) is 30.4.